The molecule has 1 heterocycles. The molecule has 3 aromatic carbocycles. The predicted molar refractivity (Wildman–Crippen MR) is 112 cm³/mol. The van der Waals surface area contributed by atoms with E-state index in [4.69, 9.17) is 11.6 Å². The summed E-state index contributed by atoms with van der Waals surface area (Å²) in [6, 6.07) is 24.0. The highest BCUT2D eigenvalue weighted by atomic mass is 35.5. The largest absolute Gasteiger partial charge is 0.342 e. The summed E-state index contributed by atoms with van der Waals surface area (Å²) in [6.07, 6.45) is 3.81. The molecule has 0 saturated heterocycles. The summed E-state index contributed by atoms with van der Waals surface area (Å²) in [5.74, 6) is -0.361. The first-order chi connectivity index (χ1) is 13.7. The number of allylic oxidation sites excluding steroid dienone is 1. The van der Waals surface area contributed by atoms with E-state index in [1.54, 1.807) is 18.2 Å². The van der Waals surface area contributed by atoms with E-state index in [2.05, 4.69) is 10.6 Å². The molecule has 0 atom stereocenters. The highest BCUT2D eigenvalue weighted by molar-refractivity contribution is 6.31. The van der Waals surface area contributed by atoms with Gasteiger partial charge < -0.3 is 4.57 Å². The van der Waals surface area contributed by atoms with E-state index >= 15 is 0 Å². The maximum absolute atomic E-state index is 13.6. The average molecular weight is 387 g/mol. The van der Waals surface area contributed by atoms with Gasteiger partial charge in [0.1, 0.15) is 5.82 Å². The molecule has 4 aromatic rings. The Kier molecular flexibility index (Phi) is 4.97. The number of halogens is 2. The van der Waals surface area contributed by atoms with Crippen LogP contribution in [0.3, 0.4) is 0 Å². The van der Waals surface area contributed by atoms with Gasteiger partial charge in [0, 0.05) is 34.2 Å². The molecule has 0 saturated carbocycles. The molecule has 0 fully saturated rings. The van der Waals surface area contributed by atoms with Crippen molar-refractivity contribution in [3.05, 3.63) is 107 Å². The van der Waals surface area contributed by atoms with Gasteiger partial charge in [0.15, 0.2) is 0 Å². The summed E-state index contributed by atoms with van der Waals surface area (Å²) in [5.41, 5.74) is 3.95. The van der Waals surface area contributed by atoms with E-state index in [9.17, 15) is 9.65 Å². The summed E-state index contributed by atoms with van der Waals surface area (Å²) in [4.78, 5) is 0. The van der Waals surface area contributed by atoms with E-state index in [-0.39, 0.29) is 5.82 Å². The zero-order chi connectivity index (χ0) is 19.5. The van der Waals surface area contributed by atoms with Crippen molar-refractivity contribution in [3.63, 3.8) is 0 Å². The summed E-state index contributed by atoms with van der Waals surface area (Å²) in [6.45, 7) is 0.621. The van der Waals surface area contributed by atoms with Crippen molar-refractivity contribution in [2.24, 2.45) is 0 Å². The fraction of sp³-hybridized carbons (Fsp3) is 0.0417. The van der Waals surface area contributed by atoms with E-state index in [0.29, 0.717) is 17.7 Å². The molecule has 0 spiro atoms. The second-order valence-corrected chi connectivity index (χ2v) is 6.91. The zero-order valence-corrected chi connectivity index (χ0v) is 15.7. The molecule has 4 heteroatoms. The van der Waals surface area contributed by atoms with Crippen LogP contribution in [0.15, 0.2) is 79.0 Å². The smallest absolute Gasteiger partial charge is 0.123 e. The van der Waals surface area contributed by atoms with Crippen LogP contribution in [0.1, 0.15) is 16.7 Å². The number of rotatable bonds is 4. The predicted octanol–water partition coefficient (Wildman–Crippen LogP) is 6.55. The van der Waals surface area contributed by atoms with Gasteiger partial charge in [0.05, 0.1) is 11.6 Å². The number of para-hydroxylation sites is 1. The molecule has 0 aliphatic rings. The molecule has 1 aromatic heterocycles. The van der Waals surface area contributed by atoms with Gasteiger partial charge in [-0.15, -0.1) is 0 Å². The minimum Gasteiger partial charge on any atom is -0.342 e. The van der Waals surface area contributed by atoms with Gasteiger partial charge >= 0.3 is 0 Å². The molecular weight excluding hydrogens is 371 g/mol. The van der Waals surface area contributed by atoms with Gasteiger partial charge in [0.25, 0.3) is 0 Å². The van der Waals surface area contributed by atoms with Crippen LogP contribution in [0.4, 0.5) is 4.39 Å². The summed E-state index contributed by atoms with van der Waals surface area (Å²) < 4.78 is 15.7. The number of aromatic nitrogens is 1. The Bertz CT molecular complexity index is 1230. The summed E-state index contributed by atoms with van der Waals surface area (Å²) in [7, 11) is 0. The molecule has 4 rings (SSSR count). The van der Waals surface area contributed by atoms with Crippen molar-refractivity contribution in [1.82, 2.24) is 4.57 Å². The number of fused-ring (bicyclic) bond motifs is 1. The molecule has 0 bridgehead atoms. The maximum atomic E-state index is 13.6. The number of hydrogen-bond acceptors (Lipinski definition) is 1. The number of benzene rings is 3. The molecule has 0 N–H and O–H groups in total. The van der Waals surface area contributed by atoms with E-state index in [0.717, 1.165) is 27.1 Å². The topological polar surface area (TPSA) is 28.7 Å². The third kappa shape index (κ3) is 3.55. The lowest BCUT2D eigenvalue weighted by atomic mass is 10.0. The fourth-order valence-corrected chi connectivity index (χ4v) is 3.52. The van der Waals surface area contributed by atoms with Gasteiger partial charge in [0.2, 0.25) is 0 Å². The van der Waals surface area contributed by atoms with Crippen LogP contribution in [0.2, 0.25) is 5.02 Å². The van der Waals surface area contributed by atoms with Gasteiger partial charge in [-0.1, -0.05) is 60.1 Å². The first-order valence-electron chi connectivity index (χ1n) is 8.85. The first kappa shape index (κ1) is 18.0. The lowest BCUT2D eigenvalue weighted by Gasteiger charge is -2.07. The Morgan fingerprint density at radius 3 is 2.61 bits per heavy atom. The lowest BCUT2D eigenvalue weighted by Crippen LogP contribution is -1.98. The third-order valence-electron chi connectivity index (χ3n) is 4.67. The number of hydrogen-bond donors (Lipinski definition) is 0. The van der Waals surface area contributed by atoms with Crippen molar-refractivity contribution < 1.29 is 4.39 Å². The Morgan fingerprint density at radius 2 is 1.82 bits per heavy atom. The molecule has 0 amide bonds. The van der Waals surface area contributed by atoms with Crippen molar-refractivity contribution in [1.29, 1.82) is 5.26 Å². The van der Waals surface area contributed by atoms with Gasteiger partial charge in [-0.05, 0) is 41.5 Å². The minimum atomic E-state index is -0.361. The van der Waals surface area contributed by atoms with Crippen LogP contribution >= 0.6 is 11.6 Å². The van der Waals surface area contributed by atoms with Crippen LogP contribution in [0, 0.1) is 17.1 Å². The minimum absolute atomic E-state index is 0.361. The lowest BCUT2D eigenvalue weighted by molar-refractivity contribution is 0.627. The standard InChI is InChI=1S/C24H16ClFN2/c25-23-10-3-1-6-18(23)15-28-16-20(22-9-2-4-11-24(22)28)12-19(14-27)17-7-5-8-21(26)13-17/h1-13,16H,15H2/b19-12-. The fourth-order valence-electron chi connectivity index (χ4n) is 3.32. The normalized spacial score (nSPS) is 11.5. The first-order valence-corrected chi connectivity index (χ1v) is 9.22. The summed E-state index contributed by atoms with van der Waals surface area (Å²) >= 11 is 6.33. The molecule has 28 heavy (non-hydrogen) atoms. The van der Waals surface area contributed by atoms with Crippen LogP contribution in [0.5, 0.6) is 0 Å². The molecular formula is C24H16ClFN2. The quantitative estimate of drug-likeness (QED) is 0.366. The van der Waals surface area contributed by atoms with Crippen molar-refractivity contribution in [2.45, 2.75) is 6.54 Å². The number of nitrogens with zero attached hydrogens (tertiary/aromatic N) is 2. The monoisotopic (exact) mass is 386 g/mol. The molecule has 0 radical (unpaired) electrons. The van der Waals surface area contributed by atoms with Crippen LogP contribution < -0.4 is 0 Å². The average Bonchev–Trinajstić information content (AvgIpc) is 3.05. The maximum Gasteiger partial charge on any atom is 0.123 e. The van der Waals surface area contributed by atoms with E-state index < -0.39 is 0 Å². The SMILES string of the molecule is N#C/C(=C/c1cn(Cc2ccccc2Cl)c2ccccc12)c1cccc(F)c1. The third-order valence-corrected chi connectivity index (χ3v) is 5.04. The van der Waals surface area contributed by atoms with Gasteiger partial charge in [-0.3, -0.25) is 0 Å². The molecule has 0 aliphatic carbocycles. The van der Waals surface area contributed by atoms with Crippen molar-refractivity contribution in [3.8, 4) is 6.07 Å². The highest BCUT2D eigenvalue weighted by Gasteiger charge is 2.10. The van der Waals surface area contributed by atoms with E-state index in [1.165, 1.54) is 12.1 Å². The second-order valence-electron chi connectivity index (χ2n) is 6.50. The zero-order valence-electron chi connectivity index (χ0n) is 14.9. The van der Waals surface area contributed by atoms with Crippen LogP contribution in [-0.4, -0.2) is 4.57 Å². The van der Waals surface area contributed by atoms with E-state index in [1.807, 2.05) is 54.7 Å². The second kappa shape index (κ2) is 7.72. The Morgan fingerprint density at radius 1 is 1.04 bits per heavy atom. The molecule has 0 aliphatic heterocycles. The van der Waals surface area contributed by atoms with Crippen LogP contribution in [0.25, 0.3) is 22.6 Å². The van der Waals surface area contributed by atoms with Gasteiger partial charge in [-0.25, -0.2) is 4.39 Å². The Balaban J connectivity index is 1.82. The molecule has 2 nitrogen and oxygen atoms in total. The number of nitriles is 1. The Hall–Kier alpha value is -3.35. The van der Waals surface area contributed by atoms with Crippen molar-refractivity contribution in [2.75, 3.05) is 0 Å². The highest BCUT2D eigenvalue weighted by Crippen LogP contribution is 2.28. The summed E-state index contributed by atoms with van der Waals surface area (Å²) in [5, 5.41) is 11.4. The molecule has 136 valence electrons. The van der Waals surface area contributed by atoms with Crippen LogP contribution in [-0.2, 0) is 6.54 Å². The Labute approximate surface area is 167 Å². The van der Waals surface area contributed by atoms with Gasteiger partial charge in [-0.2, -0.15) is 5.26 Å². The van der Waals surface area contributed by atoms with Crippen molar-refractivity contribution >= 4 is 34.2 Å². The molecule has 0 unspecified atom stereocenters.